The van der Waals surface area contributed by atoms with Crippen molar-refractivity contribution in [3.63, 3.8) is 0 Å². The third-order valence-electron chi connectivity index (χ3n) is 2.84. The summed E-state index contributed by atoms with van der Waals surface area (Å²) in [5.41, 5.74) is 0.0175. The number of alkyl halides is 3. The highest BCUT2D eigenvalue weighted by Crippen LogP contribution is 2.30. The van der Waals surface area contributed by atoms with Gasteiger partial charge in [0, 0.05) is 23.9 Å². The van der Waals surface area contributed by atoms with Gasteiger partial charge in [0.15, 0.2) is 16.9 Å². The standard InChI is InChI=1S/C13H8F3N3O/c14-13(15,16)9-3-1-8(2-4-9)12-17-11-7-10(20)5-6-19(11)18-12/h1-7H,(H,17,18). The Morgan fingerprint density at radius 1 is 1.10 bits per heavy atom. The van der Waals surface area contributed by atoms with Gasteiger partial charge in [0.1, 0.15) is 0 Å². The molecule has 1 aromatic carbocycles. The molecule has 0 atom stereocenters. The van der Waals surface area contributed by atoms with E-state index in [9.17, 15) is 18.0 Å². The molecule has 4 nitrogen and oxygen atoms in total. The van der Waals surface area contributed by atoms with Gasteiger partial charge in [0.05, 0.1) is 5.56 Å². The van der Waals surface area contributed by atoms with Crippen LogP contribution in [0.2, 0.25) is 0 Å². The van der Waals surface area contributed by atoms with Crippen LogP contribution in [0.5, 0.6) is 0 Å². The summed E-state index contributed by atoms with van der Waals surface area (Å²) < 4.78 is 38.9. The van der Waals surface area contributed by atoms with E-state index in [0.717, 1.165) is 12.1 Å². The van der Waals surface area contributed by atoms with E-state index in [0.29, 0.717) is 17.0 Å². The minimum Gasteiger partial charge on any atom is -0.290 e. The molecule has 3 rings (SSSR count). The third kappa shape index (κ3) is 2.18. The Morgan fingerprint density at radius 3 is 2.45 bits per heavy atom. The molecule has 0 spiro atoms. The smallest absolute Gasteiger partial charge is 0.290 e. The quantitative estimate of drug-likeness (QED) is 0.744. The van der Waals surface area contributed by atoms with Crippen LogP contribution in [0.3, 0.4) is 0 Å². The lowest BCUT2D eigenvalue weighted by molar-refractivity contribution is -0.137. The molecular weight excluding hydrogens is 271 g/mol. The van der Waals surface area contributed by atoms with Crippen LogP contribution < -0.4 is 5.43 Å². The zero-order valence-electron chi connectivity index (χ0n) is 9.98. The summed E-state index contributed by atoms with van der Waals surface area (Å²) in [5, 5.41) is 2.88. The van der Waals surface area contributed by atoms with Crippen LogP contribution in [0, 0.1) is 0 Å². The largest absolute Gasteiger partial charge is 0.416 e. The number of rotatable bonds is 1. The number of fused-ring (bicyclic) bond motifs is 1. The van der Waals surface area contributed by atoms with Crippen molar-refractivity contribution in [3.05, 3.63) is 58.4 Å². The highest BCUT2D eigenvalue weighted by atomic mass is 19.4. The summed E-state index contributed by atoms with van der Waals surface area (Å²) in [6.45, 7) is 0. The Balaban J connectivity index is 2.04. The molecule has 0 unspecified atom stereocenters. The number of benzene rings is 1. The molecule has 0 radical (unpaired) electrons. The number of aromatic amines is 1. The predicted molar refractivity (Wildman–Crippen MR) is 66.3 cm³/mol. The number of halogens is 3. The highest BCUT2D eigenvalue weighted by Gasteiger charge is 2.30. The molecule has 3 aromatic rings. The number of hydrogen-bond acceptors (Lipinski definition) is 2. The van der Waals surface area contributed by atoms with E-state index in [1.165, 1.54) is 35.0 Å². The first-order valence-electron chi connectivity index (χ1n) is 5.69. The molecule has 0 saturated carbocycles. The Morgan fingerprint density at radius 2 is 1.80 bits per heavy atom. The van der Waals surface area contributed by atoms with Gasteiger partial charge in [-0.3, -0.25) is 9.89 Å². The van der Waals surface area contributed by atoms with E-state index in [-0.39, 0.29) is 5.43 Å². The van der Waals surface area contributed by atoms with Gasteiger partial charge in [-0.1, -0.05) is 12.1 Å². The minimum absolute atomic E-state index is 0.185. The normalized spacial score (nSPS) is 11.9. The first kappa shape index (κ1) is 12.5. The summed E-state index contributed by atoms with van der Waals surface area (Å²) in [7, 11) is 0. The summed E-state index contributed by atoms with van der Waals surface area (Å²) in [5.74, 6) is 0.393. The van der Waals surface area contributed by atoms with E-state index in [4.69, 9.17) is 0 Å². The molecule has 102 valence electrons. The zero-order valence-corrected chi connectivity index (χ0v) is 9.98. The third-order valence-corrected chi connectivity index (χ3v) is 2.84. The fourth-order valence-corrected chi connectivity index (χ4v) is 1.85. The molecule has 20 heavy (non-hydrogen) atoms. The van der Waals surface area contributed by atoms with Crippen LogP contribution in [-0.4, -0.2) is 14.6 Å². The van der Waals surface area contributed by atoms with Crippen molar-refractivity contribution in [1.29, 1.82) is 0 Å². The highest BCUT2D eigenvalue weighted by molar-refractivity contribution is 5.58. The van der Waals surface area contributed by atoms with Gasteiger partial charge in [-0.05, 0) is 12.1 Å². The number of nitrogens with zero attached hydrogens (tertiary/aromatic N) is 2. The van der Waals surface area contributed by atoms with Crippen molar-refractivity contribution in [2.45, 2.75) is 6.18 Å². The van der Waals surface area contributed by atoms with Gasteiger partial charge >= 0.3 is 6.18 Å². The van der Waals surface area contributed by atoms with E-state index in [1.807, 2.05) is 0 Å². The fraction of sp³-hybridized carbons (Fsp3) is 0.0769. The average Bonchev–Trinajstić information content (AvgIpc) is 2.80. The molecule has 0 aliphatic heterocycles. The minimum atomic E-state index is -4.36. The monoisotopic (exact) mass is 279 g/mol. The maximum absolute atomic E-state index is 12.5. The number of nitrogens with one attached hydrogen (secondary N) is 1. The lowest BCUT2D eigenvalue weighted by atomic mass is 10.1. The van der Waals surface area contributed by atoms with E-state index >= 15 is 0 Å². The van der Waals surface area contributed by atoms with Gasteiger partial charge in [0.2, 0.25) is 0 Å². The summed E-state index contributed by atoms with van der Waals surface area (Å²) in [6, 6.07) is 7.35. The fourth-order valence-electron chi connectivity index (χ4n) is 1.85. The van der Waals surface area contributed by atoms with Crippen LogP contribution in [0.15, 0.2) is 47.4 Å². The molecule has 1 N–H and O–H groups in total. The molecule has 0 amide bonds. The Labute approximate surface area is 110 Å². The Bertz CT molecular complexity index is 815. The van der Waals surface area contributed by atoms with Gasteiger partial charge < -0.3 is 0 Å². The first-order chi connectivity index (χ1) is 9.43. The van der Waals surface area contributed by atoms with Crippen LogP contribution >= 0.6 is 0 Å². The molecule has 0 aliphatic carbocycles. The zero-order chi connectivity index (χ0) is 14.3. The molecule has 2 aromatic heterocycles. The summed E-state index contributed by atoms with van der Waals surface area (Å²) in [6.07, 6.45) is -2.85. The lowest BCUT2D eigenvalue weighted by Gasteiger charge is -2.06. The molecule has 2 heterocycles. The van der Waals surface area contributed by atoms with Crippen LogP contribution in [0.1, 0.15) is 5.56 Å². The van der Waals surface area contributed by atoms with Gasteiger partial charge in [-0.15, -0.1) is 0 Å². The van der Waals surface area contributed by atoms with Crippen LogP contribution in [0.25, 0.3) is 17.0 Å². The van der Waals surface area contributed by atoms with Crippen LogP contribution in [0.4, 0.5) is 13.2 Å². The van der Waals surface area contributed by atoms with E-state index < -0.39 is 11.7 Å². The Kier molecular flexibility index (Phi) is 2.63. The van der Waals surface area contributed by atoms with Crippen molar-refractivity contribution in [1.82, 2.24) is 14.6 Å². The second kappa shape index (κ2) is 4.22. The van der Waals surface area contributed by atoms with Crippen molar-refractivity contribution < 1.29 is 13.2 Å². The lowest BCUT2D eigenvalue weighted by Crippen LogP contribution is -2.04. The topological polar surface area (TPSA) is 50.2 Å². The molecule has 0 fully saturated rings. The molecule has 0 bridgehead atoms. The molecule has 7 heteroatoms. The van der Waals surface area contributed by atoms with Crippen molar-refractivity contribution in [3.8, 4) is 11.4 Å². The van der Waals surface area contributed by atoms with Crippen LogP contribution in [-0.2, 0) is 6.18 Å². The number of hydrogen-bond donors (Lipinski definition) is 1. The van der Waals surface area contributed by atoms with E-state index in [1.54, 1.807) is 0 Å². The average molecular weight is 279 g/mol. The number of aromatic nitrogens is 3. The second-order valence-corrected chi connectivity index (χ2v) is 4.24. The molecule has 0 aliphatic rings. The van der Waals surface area contributed by atoms with E-state index in [2.05, 4.69) is 10.1 Å². The molecule has 0 saturated heterocycles. The van der Waals surface area contributed by atoms with Crippen molar-refractivity contribution in [2.75, 3.05) is 0 Å². The SMILES string of the molecule is O=c1ccn2[nH]c(-c3ccc(C(F)(F)F)cc3)nc2c1. The summed E-state index contributed by atoms with van der Waals surface area (Å²) in [4.78, 5) is 15.4. The summed E-state index contributed by atoms with van der Waals surface area (Å²) >= 11 is 0. The number of pyridine rings is 1. The first-order valence-corrected chi connectivity index (χ1v) is 5.69. The van der Waals surface area contributed by atoms with Gasteiger partial charge in [0.25, 0.3) is 0 Å². The Hall–Kier alpha value is -2.57. The molecular formula is C13H8F3N3O. The van der Waals surface area contributed by atoms with Crippen molar-refractivity contribution >= 4 is 5.65 Å². The van der Waals surface area contributed by atoms with Gasteiger partial charge in [-0.25, -0.2) is 9.50 Å². The number of H-pyrrole nitrogens is 1. The van der Waals surface area contributed by atoms with Gasteiger partial charge in [-0.2, -0.15) is 13.2 Å². The van der Waals surface area contributed by atoms with Crippen molar-refractivity contribution in [2.24, 2.45) is 0 Å². The maximum Gasteiger partial charge on any atom is 0.416 e. The maximum atomic E-state index is 12.5. The second-order valence-electron chi connectivity index (χ2n) is 4.24. The predicted octanol–water partition coefficient (Wildman–Crippen LogP) is 2.71.